The maximum Gasteiger partial charge on any atom is 0.306 e. The standard InChI is InChI=1S/C13H14O4S/c1-8-9(2)13(17-18(3,15)16)11-7-5-4-6-10(11)12(8)14/h4-7,14H,1-3H3. The number of phenolic OH excluding ortho intramolecular Hbond substituents is 1. The Labute approximate surface area is 106 Å². The molecular formula is C13H14O4S. The third kappa shape index (κ3) is 2.13. The minimum Gasteiger partial charge on any atom is -0.507 e. The molecule has 0 spiro atoms. The molecule has 0 radical (unpaired) electrons. The molecule has 0 amide bonds. The lowest BCUT2D eigenvalue weighted by Crippen LogP contribution is -2.08. The molecule has 0 aliphatic carbocycles. The number of rotatable bonds is 2. The van der Waals surface area contributed by atoms with Gasteiger partial charge >= 0.3 is 10.1 Å². The number of hydrogen-bond donors (Lipinski definition) is 1. The minimum absolute atomic E-state index is 0.156. The van der Waals surface area contributed by atoms with E-state index in [0.29, 0.717) is 21.9 Å². The summed E-state index contributed by atoms with van der Waals surface area (Å²) in [6, 6.07) is 7.00. The molecule has 4 nitrogen and oxygen atoms in total. The Bertz CT molecular complexity index is 717. The van der Waals surface area contributed by atoms with Gasteiger partial charge in [0.1, 0.15) is 5.75 Å². The quantitative estimate of drug-likeness (QED) is 0.848. The first kappa shape index (κ1) is 12.7. The van der Waals surface area contributed by atoms with E-state index in [2.05, 4.69) is 0 Å². The van der Waals surface area contributed by atoms with Crippen molar-refractivity contribution in [2.45, 2.75) is 13.8 Å². The van der Waals surface area contributed by atoms with E-state index in [9.17, 15) is 13.5 Å². The predicted octanol–water partition coefficient (Wildman–Crippen LogP) is 2.50. The number of aromatic hydroxyl groups is 1. The van der Waals surface area contributed by atoms with Gasteiger partial charge in [-0.25, -0.2) is 0 Å². The largest absolute Gasteiger partial charge is 0.507 e. The summed E-state index contributed by atoms with van der Waals surface area (Å²) in [5.74, 6) is 0.437. The fraction of sp³-hybridized carbons (Fsp3) is 0.231. The van der Waals surface area contributed by atoms with Crippen LogP contribution in [0.25, 0.3) is 10.8 Å². The van der Waals surface area contributed by atoms with Crippen LogP contribution in [0.1, 0.15) is 11.1 Å². The first-order chi connectivity index (χ1) is 8.31. The van der Waals surface area contributed by atoms with Crippen LogP contribution in [0.4, 0.5) is 0 Å². The van der Waals surface area contributed by atoms with E-state index in [4.69, 9.17) is 4.18 Å². The summed E-state index contributed by atoms with van der Waals surface area (Å²) in [7, 11) is -3.60. The molecule has 0 atom stereocenters. The van der Waals surface area contributed by atoms with E-state index in [-0.39, 0.29) is 11.5 Å². The van der Waals surface area contributed by atoms with Crippen LogP contribution in [0, 0.1) is 13.8 Å². The van der Waals surface area contributed by atoms with Gasteiger partial charge in [0.05, 0.1) is 6.26 Å². The van der Waals surface area contributed by atoms with E-state index < -0.39 is 10.1 Å². The molecule has 0 aliphatic heterocycles. The highest BCUT2D eigenvalue weighted by Gasteiger charge is 2.17. The Hall–Kier alpha value is -1.75. The molecule has 1 N–H and O–H groups in total. The molecular weight excluding hydrogens is 252 g/mol. The van der Waals surface area contributed by atoms with Gasteiger partial charge in [0.2, 0.25) is 0 Å². The summed E-state index contributed by atoms with van der Waals surface area (Å²) in [5.41, 5.74) is 1.24. The molecule has 0 unspecified atom stereocenters. The van der Waals surface area contributed by atoms with E-state index in [1.54, 1.807) is 38.1 Å². The van der Waals surface area contributed by atoms with Crippen molar-refractivity contribution in [1.29, 1.82) is 0 Å². The van der Waals surface area contributed by atoms with Crippen molar-refractivity contribution in [2.24, 2.45) is 0 Å². The van der Waals surface area contributed by atoms with Crippen LogP contribution in [0.2, 0.25) is 0 Å². The lowest BCUT2D eigenvalue weighted by Gasteiger charge is -2.14. The first-order valence-electron chi connectivity index (χ1n) is 5.41. The monoisotopic (exact) mass is 266 g/mol. The maximum atomic E-state index is 11.3. The second-order valence-electron chi connectivity index (χ2n) is 4.26. The molecule has 0 saturated carbocycles. The molecule has 0 fully saturated rings. The van der Waals surface area contributed by atoms with Gasteiger partial charge in [-0.1, -0.05) is 24.3 Å². The Morgan fingerprint density at radius 1 is 1.06 bits per heavy atom. The summed E-state index contributed by atoms with van der Waals surface area (Å²) in [6.07, 6.45) is 1.00. The van der Waals surface area contributed by atoms with Crippen molar-refractivity contribution in [2.75, 3.05) is 6.26 Å². The van der Waals surface area contributed by atoms with Crippen molar-refractivity contribution >= 4 is 20.9 Å². The Kier molecular flexibility index (Phi) is 2.94. The topological polar surface area (TPSA) is 63.6 Å². The van der Waals surface area contributed by atoms with Crippen LogP contribution >= 0.6 is 0 Å². The second-order valence-corrected chi connectivity index (χ2v) is 5.84. The Balaban J connectivity index is 2.87. The second kappa shape index (κ2) is 4.17. The molecule has 18 heavy (non-hydrogen) atoms. The molecule has 0 heterocycles. The van der Waals surface area contributed by atoms with Crippen molar-refractivity contribution < 1.29 is 17.7 Å². The zero-order chi connectivity index (χ0) is 13.5. The molecule has 5 heteroatoms. The van der Waals surface area contributed by atoms with Gasteiger partial charge < -0.3 is 9.29 Å². The smallest absolute Gasteiger partial charge is 0.306 e. The van der Waals surface area contributed by atoms with Crippen LogP contribution in [-0.2, 0) is 10.1 Å². The number of phenols is 1. The highest BCUT2D eigenvalue weighted by atomic mass is 32.2. The number of hydrogen-bond acceptors (Lipinski definition) is 4. The maximum absolute atomic E-state index is 11.3. The third-order valence-corrected chi connectivity index (χ3v) is 3.39. The van der Waals surface area contributed by atoms with Gasteiger partial charge in [0, 0.05) is 16.3 Å². The number of fused-ring (bicyclic) bond motifs is 1. The fourth-order valence-electron chi connectivity index (χ4n) is 1.90. The average molecular weight is 266 g/mol. The minimum atomic E-state index is -3.60. The third-order valence-electron chi connectivity index (χ3n) is 2.92. The van der Waals surface area contributed by atoms with Crippen molar-refractivity contribution in [1.82, 2.24) is 0 Å². The fourth-order valence-corrected chi connectivity index (χ4v) is 2.42. The Morgan fingerprint density at radius 3 is 2.17 bits per heavy atom. The summed E-state index contributed by atoms with van der Waals surface area (Å²) in [5, 5.41) is 11.2. The van der Waals surface area contributed by atoms with E-state index >= 15 is 0 Å². The molecule has 96 valence electrons. The SMILES string of the molecule is Cc1c(C)c(OS(C)(=O)=O)c2ccccc2c1O. The van der Waals surface area contributed by atoms with Crippen molar-refractivity contribution in [3.05, 3.63) is 35.4 Å². The molecule has 0 aliphatic rings. The average Bonchev–Trinajstić information content (AvgIpc) is 2.31. The molecule has 0 bridgehead atoms. The lowest BCUT2D eigenvalue weighted by molar-refractivity contribution is 0.472. The predicted molar refractivity (Wildman–Crippen MR) is 70.6 cm³/mol. The molecule has 2 rings (SSSR count). The zero-order valence-corrected chi connectivity index (χ0v) is 11.2. The van der Waals surface area contributed by atoms with Gasteiger partial charge in [0.25, 0.3) is 0 Å². The molecule has 0 saturated heterocycles. The van der Waals surface area contributed by atoms with Crippen LogP contribution < -0.4 is 4.18 Å². The summed E-state index contributed by atoms with van der Waals surface area (Å²) in [6.45, 7) is 3.45. The molecule has 0 aromatic heterocycles. The van der Waals surface area contributed by atoms with Crippen LogP contribution in [-0.4, -0.2) is 19.8 Å². The van der Waals surface area contributed by atoms with Gasteiger partial charge in [-0.2, -0.15) is 8.42 Å². The van der Waals surface area contributed by atoms with Gasteiger partial charge in [0.15, 0.2) is 5.75 Å². The normalized spacial score (nSPS) is 11.7. The van der Waals surface area contributed by atoms with Gasteiger partial charge in [-0.05, 0) is 19.4 Å². The van der Waals surface area contributed by atoms with Gasteiger partial charge in [-0.3, -0.25) is 0 Å². The molecule has 2 aromatic carbocycles. The Morgan fingerprint density at radius 2 is 1.61 bits per heavy atom. The summed E-state index contributed by atoms with van der Waals surface area (Å²) in [4.78, 5) is 0. The summed E-state index contributed by atoms with van der Waals surface area (Å²) >= 11 is 0. The van der Waals surface area contributed by atoms with Crippen molar-refractivity contribution in [3.63, 3.8) is 0 Å². The summed E-state index contributed by atoms with van der Waals surface area (Å²) < 4.78 is 27.7. The highest BCUT2D eigenvalue weighted by molar-refractivity contribution is 7.86. The zero-order valence-electron chi connectivity index (χ0n) is 10.4. The number of benzene rings is 2. The van der Waals surface area contributed by atoms with E-state index in [1.807, 2.05) is 0 Å². The van der Waals surface area contributed by atoms with E-state index in [0.717, 1.165) is 6.26 Å². The van der Waals surface area contributed by atoms with Crippen LogP contribution in [0.5, 0.6) is 11.5 Å². The van der Waals surface area contributed by atoms with Crippen LogP contribution in [0.3, 0.4) is 0 Å². The van der Waals surface area contributed by atoms with Crippen molar-refractivity contribution in [3.8, 4) is 11.5 Å². The highest BCUT2D eigenvalue weighted by Crippen LogP contribution is 2.39. The van der Waals surface area contributed by atoms with Gasteiger partial charge in [-0.15, -0.1) is 0 Å². The first-order valence-corrected chi connectivity index (χ1v) is 7.23. The molecule has 2 aromatic rings. The van der Waals surface area contributed by atoms with E-state index in [1.165, 1.54) is 0 Å². The lowest BCUT2D eigenvalue weighted by atomic mass is 10.00. The van der Waals surface area contributed by atoms with Crippen LogP contribution in [0.15, 0.2) is 24.3 Å².